The second-order valence-electron chi connectivity index (χ2n) is 2.97. The molecule has 2 nitrogen and oxygen atoms in total. The van der Waals surface area contributed by atoms with Crippen molar-refractivity contribution in [3.05, 3.63) is 23.8 Å². The van der Waals surface area contributed by atoms with E-state index < -0.39 is 0 Å². The molecule has 0 aromatic heterocycles. The zero-order valence-electron chi connectivity index (χ0n) is 8.96. The van der Waals surface area contributed by atoms with E-state index in [0.29, 0.717) is 0 Å². The predicted molar refractivity (Wildman–Crippen MR) is 62.2 cm³/mol. The van der Waals surface area contributed by atoms with Crippen LogP contribution in [0.2, 0.25) is 0 Å². The molecule has 3 heteroatoms. The molecule has 1 N–H and O–H groups in total. The molecule has 1 aromatic carbocycles. The number of ether oxygens (including phenoxy) is 1. The first kappa shape index (κ1) is 11.4. The Hall–Kier alpha value is -0.670. The molecule has 0 atom stereocenters. The third-order valence-corrected chi connectivity index (χ3v) is 2.79. The molecule has 0 spiro atoms. The molecule has 0 radical (unpaired) electrons. The highest BCUT2D eigenvalue weighted by Gasteiger charge is 2.02. The van der Waals surface area contributed by atoms with Crippen LogP contribution < -0.4 is 10.1 Å². The van der Waals surface area contributed by atoms with E-state index in [1.807, 2.05) is 6.07 Å². The molecule has 14 heavy (non-hydrogen) atoms. The molecule has 0 amide bonds. The Morgan fingerprint density at radius 3 is 2.79 bits per heavy atom. The third kappa shape index (κ3) is 2.93. The van der Waals surface area contributed by atoms with Gasteiger partial charge in [0.1, 0.15) is 5.75 Å². The van der Waals surface area contributed by atoms with E-state index in [0.717, 1.165) is 18.8 Å². The number of methoxy groups -OCH3 is 1. The highest BCUT2D eigenvalue weighted by Crippen LogP contribution is 2.28. The lowest BCUT2D eigenvalue weighted by atomic mass is 10.2. The van der Waals surface area contributed by atoms with Gasteiger partial charge in [-0.3, -0.25) is 0 Å². The smallest absolute Gasteiger partial charge is 0.132 e. The summed E-state index contributed by atoms with van der Waals surface area (Å²) in [5.41, 5.74) is 1.30. The van der Waals surface area contributed by atoms with Gasteiger partial charge in [0.25, 0.3) is 0 Å². The van der Waals surface area contributed by atoms with Gasteiger partial charge in [-0.05, 0) is 30.5 Å². The second-order valence-corrected chi connectivity index (χ2v) is 3.82. The summed E-state index contributed by atoms with van der Waals surface area (Å²) in [5.74, 6) is 0.956. The Bertz CT molecular complexity index is 289. The molecule has 0 fully saturated rings. The second kappa shape index (κ2) is 5.94. The Kier molecular flexibility index (Phi) is 4.84. The van der Waals surface area contributed by atoms with Crippen LogP contribution in [0.5, 0.6) is 5.75 Å². The minimum Gasteiger partial charge on any atom is -0.496 e. The van der Waals surface area contributed by atoms with Gasteiger partial charge in [0, 0.05) is 11.4 Å². The van der Waals surface area contributed by atoms with Crippen LogP contribution in [0.1, 0.15) is 12.5 Å². The van der Waals surface area contributed by atoms with Crippen molar-refractivity contribution in [2.24, 2.45) is 0 Å². The summed E-state index contributed by atoms with van der Waals surface area (Å²) in [6.45, 7) is 4.04. The van der Waals surface area contributed by atoms with Gasteiger partial charge in [0.15, 0.2) is 0 Å². The maximum absolute atomic E-state index is 5.25. The molecule has 0 heterocycles. The Labute approximate surface area is 90.0 Å². The average Bonchev–Trinajstić information content (AvgIpc) is 2.25. The molecule has 78 valence electrons. The van der Waals surface area contributed by atoms with Crippen LogP contribution in [0.4, 0.5) is 0 Å². The van der Waals surface area contributed by atoms with Crippen molar-refractivity contribution in [1.29, 1.82) is 0 Å². The van der Waals surface area contributed by atoms with E-state index in [4.69, 9.17) is 4.74 Å². The summed E-state index contributed by atoms with van der Waals surface area (Å²) in [5, 5.41) is 3.30. The first-order valence-corrected chi connectivity index (χ1v) is 5.96. The van der Waals surface area contributed by atoms with Crippen molar-refractivity contribution >= 4 is 11.8 Å². The number of hydrogen-bond acceptors (Lipinski definition) is 3. The van der Waals surface area contributed by atoms with Gasteiger partial charge in [-0.15, -0.1) is 11.8 Å². The molecule has 0 aliphatic rings. The molecule has 1 rings (SSSR count). The van der Waals surface area contributed by atoms with Crippen molar-refractivity contribution in [3.63, 3.8) is 0 Å². The number of thioether (sulfide) groups is 1. The maximum atomic E-state index is 5.25. The lowest BCUT2D eigenvalue weighted by molar-refractivity contribution is 0.404. The van der Waals surface area contributed by atoms with Crippen LogP contribution >= 0.6 is 11.8 Å². The Morgan fingerprint density at radius 2 is 2.21 bits per heavy atom. The summed E-state index contributed by atoms with van der Waals surface area (Å²) < 4.78 is 5.25. The first-order valence-electron chi connectivity index (χ1n) is 4.73. The van der Waals surface area contributed by atoms with Crippen molar-refractivity contribution < 1.29 is 4.74 Å². The van der Waals surface area contributed by atoms with Crippen LogP contribution in [-0.4, -0.2) is 19.9 Å². The van der Waals surface area contributed by atoms with Gasteiger partial charge in [0.2, 0.25) is 0 Å². The standard InChI is InChI=1S/C11H17NOS/c1-4-12-8-9-5-6-10(13-2)11(7-9)14-3/h5-7,12H,4,8H2,1-3H3. The molecule has 0 bridgehead atoms. The van der Waals surface area contributed by atoms with Gasteiger partial charge in [-0.2, -0.15) is 0 Å². The maximum Gasteiger partial charge on any atom is 0.132 e. The molecule has 0 saturated heterocycles. The van der Waals surface area contributed by atoms with E-state index >= 15 is 0 Å². The van der Waals surface area contributed by atoms with Gasteiger partial charge in [-0.25, -0.2) is 0 Å². The van der Waals surface area contributed by atoms with E-state index in [-0.39, 0.29) is 0 Å². The predicted octanol–water partition coefficient (Wildman–Crippen LogP) is 2.53. The minimum absolute atomic E-state index is 0.925. The van der Waals surface area contributed by atoms with Gasteiger partial charge in [0.05, 0.1) is 7.11 Å². The number of benzene rings is 1. The van der Waals surface area contributed by atoms with Crippen molar-refractivity contribution in [3.8, 4) is 5.75 Å². The summed E-state index contributed by atoms with van der Waals surface area (Å²) in [6.07, 6.45) is 2.06. The van der Waals surface area contributed by atoms with Gasteiger partial charge >= 0.3 is 0 Å². The summed E-state index contributed by atoms with van der Waals surface area (Å²) in [7, 11) is 1.71. The Balaban J connectivity index is 2.79. The minimum atomic E-state index is 0.925. The normalized spacial score (nSPS) is 10.2. The lowest BCUT2D eigenvalue weighted by Gasteiger charge is -2.08. The fourth-order valence-corrected chi connectivity index (χ4v) is 1.88. The van der Waals surface area contributed by atoms with Gasteiger partial charge < -0.3 is 10.1 Å². The SMILES string of the molecule is CCNCc1ccc(OC)c(SC)c1. The zero-order valence-corrected chi connectivity index (χ0v) is 9.78. The first-order chi connectivity index (χ1) is 6.81. The fraction of sp³-hybridized carbons (Fsp3) is 0.455. The lowest BCUT2D eigenvalue weighted by Crippen LogP contribution is -2.11. The molecule has 0 saturated carbocycles. The molecule has 0 unspecified atom stereocenters. The fourth-order valence-electron chi connectivity index (χ4n) is 1.26. The number of hydrogen-bond donors (Lipinski definition) is 1. The van der Waals surface area contributed by atoms with E-state index in [9.17, 15) is 0 Å². The molecule has 1 aromatic rings. The van der Waals surface area contributed by atoms with E-state index in [1.165, 1.54) is 10.5 Å². The van der Waals surface area contributed by atoms with Crippen LogP contribution in [-0.2, 0) is 6.54 Å². The average molecular weight is 211 g/mol. The van der Waals surface area contributed by atoms with Crippen LogP contribution in [0.15, 0.2) is 23.1 Å². The zero-order chi connectivity index (χ0) is 10.4. The van der Waals surface area contributed by atoms with Crippen molar-refractivity contribution in [1.82, 2.24) is 5.32 Å². The molecule has 0 aliphatic heterocycles. The summed E-state index contributed by atoms with van der Waals surface area (Å²) >= 11 is 1.71. The molecule has 0 aliphatic carbocycles. The highest BCUT2D eigenvalue weighted by atomic mass is 32.2. The van der Waals surface area contributed by atoms with Crippen LogP contribution in [0, 0.1) is 0 Å². The largest absolute Gasteiger partial charge is 0.496 e. The van der Waals surface area contributed by atoms with E-state index in [2.05, 4.69) is 30.6 Å². The van der Waals surface area contributed by atoms with Gasteiger partial charge in [-0.1, -0.05) is 13.0 Å². The molecular weight excluding hydrogens is 194 g/mol. The summed E-state index contributed by atoms with van der Waals surface area (Å²) in [6, 6.07) is 6.30. The third-order valence-electron chi connectivity index (χ3n) is 2.03. The topological polar surface area (TPSA) is 21.3 Å². The number of rotatable bonds is 5. The highest BCUT2D eigenvalue weighted by molar-refractivity contribution is 7.98. The van der Waals surface area contributed by atoms with Crippen LogP contribution in [0.25, 0.3) is 0 Å². The Morgan fingerprint density at radius 1 is 1.43 bits per heavy atom. The number of nitrogens with one attached hydrogen (secondary N) is 1. The van der Waals surface area contributed by atoms with E-state index in [1.54, 1.807) is 18.9 Å². The monoisotopic (exact) mass is 211 g/mol. The van der Waals surface area contributed by atoms with Crippen molar-refractivity contribution in [2.75, 3.05) is 19.9 Å². The van der Waals surface area contributed by atoms with Crippen LogP contribution in [0.3, 0.4) is 0 Å². The quantitative estimate of drug-likeness (QED) is 0.756. The molecular formula is C11H17NOS. The van der Waals surface area contributed by atoms with Crippen molar-refractivity contribution in [2.45, 2.75) is 18.4 Å². The summed E-state index contributed by atoms with van der Waals surface area (Å²) in [4.78, 5) is 1.20.